The average molecular weight is 752 g/mol. The lowest BCUT2D eigenvalue weighted by Crippen LogP contribution is -2.25. The Morgan fingerprint density at radius 3 is 1.41 bits per heavy atom. The summed E-state index contributed by atoms with van der Waals surface area (Å²) in [5.41, 5.74) is 23.8. The van der Waals surface area contributed by atoms with E-state index in [1.165, 1.54) is 89.0 Å². The lowest BCUT2D eigenvalue weighted by atomic mass is 9.70. The highest BCUT2D eigenvalue weighted by Gasteiger charge is 2.51. The molecule has 0 saturated carbocycles. The highest BCUT2D eigenvalue weighted by atomic mass is 15.1. The second-order valence-electron chi connectivity index (χ2n) is 16.8. The normalized spacial score (nSPS) is 14.2. The summed E-state index contributed by atoms with van der Waals surface area (Å²) in [5, 5.41) is 0. The van der Waals surface area contributed by atoms with Gasteiger partial charge < -0.3 is 4.90 Å². The summed E-state index contributed by atoms with van der Waals surface area (Å²) in [6.45, 7) is 4.73. The van der Waals surface area contributed by atoms with Crippen molar-refractivity contribution in [2.24, 2.45) is 0 Å². The Kier molecular flexibility index (Phi) is 7.26. The van der Waals surface area contributed by atoms with Crippen molar-refractivity contribution in [1.29, 1.82) is 0 Å². The molecule has 3 aliphatic rings. The zero-order valence-electron chi connectivity index (χ0n) is 33.2. The van der Waals surface area contributed by atoms with Crippen molar-refractivity contribution in [2.75, 3.05) is 4.90 Å². The van der Waals surface area contributed by atoms with Crippen LogP contribution in [0, 0.1) is 0 Å². The average Bonchev–Trinajstić information content (AvgIpc) is 3.85. The third kappa shape index (κ3) is 4.73. The van der Waals surface area contributed by atoms with Crippen LogP contribution in [-0.4, -0.2) is 0 Å². The van der Waals surface area contributed by atoms with Gasteiger partial charge in [-0.3, -0.25) is 0 Å². The first kappa shape index (κ1) is 33.9. The fourth-order valence-corrected chi connectivity index (χ4v) is 10.9. The number of hydrogen-bond acceptors (Lipinski definition) is 1. The SMILES string of the molecule is CC1(C)c2ccccc2-c2ccc(N(c3cccc(-c4ccc5c(c4)C4(c6ccccc6-c6ccccc64)c4ccccc4-5)c3)c3ccccc3-c3ccccc3)cc21. The molecule has 12 rings (SSSR count). The van der Waals surface area contributed by atoms with Gasteiger partial charge in [0.15, 0.2) is 0 Å². The summed E-state index contributed by atoms with van der Waals surface area (Å²) >= 11 is 0. The van der Waals surface area contributed by atoms with Gasteiger partial charge in [0, 0.05) is 22.4 Å². The van der Waals surface area contributed by atoms with E-state index in [0.29, 0.717) is 0 Å². The Labute approximate surface area is 346 Å². The summed E-state index contributed by atoms with van der Waals surface area (Å²) < 4.78 is 0. The maximum absolute atomic E-state index is 2.49. The number of para-hydroxylation sites is 1. The molecule has 0 fully saturated rings. The van der Waals surface area contributed by atoms with Gasteiger partial charge in [-0.2, -0.15) is 0 Å². The third-order valence-electron chi connectivity index (χ3n) is 13.5. The predicted octanol–water partition coefficient (Wildman–Crippen LogP) is 15.1. The van der Waals surface area contributed by atoms with Crippen LogP contribution in [0.3, 0.4) is 0 Å². The maximum Gasteiger partial charge on any atom is 0.0725 e. The minimum absolute atomic E-state index is 0.121. The molecular formula is C58H41N. The van der Waals surface area contributed by atoms with Crippen molar-refractivity contribution >= 4 is 17.1 Å². The van der Waals surface area contributed by atoms with E-state index in [1.54, 1.807) is 0 Å². The summed E-state index contributed by atoms with van der Waals surface area (Å²) in [6.07, 6.45) is 0. The number of benzene rings is 9. The van der Waals surface area contributed by atoms with Crippen molar-refractivity contribution in [3.8, 4) is 55.6 Å². The fourth-order valence-electron chi connectivity index (χ4n) is 10.9. The first-order valence-electron chi connectivity index (χ1n) is 20.8. The molecule has 1 spiro atoms. The quantitative estimate of drug-likeness (QED) is 0.169. The van der Waals surface area contributed by atoms with Crippen LogP contribution in [0.4, 0.5) is 17.1 Å². The molecule has 0 atom stereocenters. The van der Waals surface area contributed by atoms with Crippen molar-refractivity contribution in [3.05, 3.63) is 246 Å². The van der Waals surface area contributed by atoms with Crippen molar-refractivity contribution in [2.45, 2.75) is 24.7 Å². The Morgan fingerprint density at radius 2 is 0.746 bits per heavy atom. The molecule has 0 aliphatic heterocycles. The summed E-state index contributed by atoms with van der Waals surface area (Å²) in [5.74, 6) is 0. The van der Waals surface area contributed by atoms with E-state index < -0.39 is 0 Å². The standard InChI is InChI=1S/C58H41N/c1-57(2)50-26-11-6-22-44(50)48-34-32-42(37-54(48)57)59(56-30-15-10-21-43(56)38-17-4-3-5-18-38)41-20-16-19-39(35-41)40-31-33-49-47-25-9-14-29-53(47)58(55(49)36-40)51-27-12-7-23-45(51)46-24-8-13-28-52(46)58/h3-37H,1-2H3. The summed E-state index contributed by atoms with van der Waals surface area (Å²) in [7, 11) is 0. The molecule has 1 nitrogen and oxygen atoms in total. The van der Waals surface area contributed by atoms with Crippen LogP contribution < -0.4 is 4.90 Å². The van der Waals surface area contributed by atoms with E-state index in [2.05, 4.69) is 231 Å². The molecule has 1 heteroatoms. The number of nitrogens with zero attached hydrogens (tertiary/aromatic N) is 1. The van der Waals surface area contributed by atoms with Gasteiger partial charge in [0.05, 0.1) is 11.1 Å². The molecule has 0 bridgehead atoms. The fraction of sp³-hybridized carbons (Fsp3) is 0.0690. The predicted molar refractivity (Wildman–Crippen MR) is 246 cm³/mol. The van der Waals surface area contributed by atoms with Gasteiger partial charge in [0.1, 0.15) is 0 Å². The molecule has 59 heavy (non-hydrogen) atoms. The lowest BCUT2D eigenvalue weighted by molar-refractivity contribution is 0.660. The van der Waals surface area contributed by atoms with E-state index in [4.69, 9.17) is 0 Å². The molecule has 9 aromatic rings. The molecule has 0 aromatic heterocycles. The summed E-state index contributed by atoms with van der Waals surface area (Å²) in [6, 6.07) is 79.2. The van der Waals surface area contributed by atoms with Crippen molar-refractivity contribution < 1.29 is 0 Å². The third-order valence-corrected chi connectivity index (χ3v) is 13.5. The van der Waals surface area contributed by atoms with Crippen molar-refractivity contribution in [1.82, 2.24) is 0 Å². The zero-order valence-corrected chi connectivity index (χ0v) is 33.2. The largest absolute Gasteiger partial charge is 0.310 e. The van der Waals surface area contributed by atoms with Crippen LogP contribution in [0.25, 0.3) is 55.6 Å². The van der Waals surface area contributed by atoms with E-state index in [0.717, 1.165) is 17.1 Å². The van der Waals surface area contributed by atoms with Gasteiger partial charge >= 0.3 is 0 Å². The van der Waals surface area contributed by atoms with Crippen LogP contribution in [0.1, 0.15) is 47.2 Å². The van der Waals surface area contributed by atoms with E-state index in [-0.39, 0.29) is 10.8 Å². The van der Waals surface area contributed by atoms with E-state index in [9.17, 15) is 0 Å². The Morgan fingerprint density at radius 1 is 0.288 bits per heavy atom. The molecular weight excluding hydrogens is 711 g/mol. The second-order valence-corrected chi connectivity index (χ2v) is 16.8. The minimum Gasteiger partial charge on any atom is -0.310 e. The number of rotatable bonds is 5. The zero-order chi connectivity index (χ0) is 39.3. The molecule has 0 amide bonds. The molecule has 0 unspecified atom stereocenters. The lowest BCUT2D eigenvalue weighted by Gasteiger charge is -2.31. The molecule has 3 aliphatic carbocycles. The highest BCUT2D eigenvalue weighted by Crippen LogP contribution is 2.63. The minimum atomic E-state index is -0.387. The molecule has 0 saturated heterocycles. The monoisotopic (exact) mass is 751 g/mol. The molecule has 9 aromatic carbocycles. The smallest absolute Gasteiger partial charge is 0.0725 e. The number of fused-ring (bicyclic) bond motifs is 13. The number of hydrogen-bond donors (Lipinski definition) is 0. The van der Waals surface area contributed by atoms with Gasteiger partial charge in [0.2, 0.25) is 0 Å². The Balaban J connectivity index is 1.06. The van der Waals surface area contributed by atoms with Crippen LogP contribution >= 0.6 is 0 Å². The second kappa shape index (κ2) is 12.6. The topological polar surface area (TPSA) is 3.24 Å². The van der Waals surface area contributed by atoms with Gasteiger partial charge in [-0.1, -0.05) is 190 Å². The molecule has 0 radical (unpaired) electrons. The Bertz CT molecular complexity index is 3090. The van der Waals surface area contributed by atoms with Gasteiger partial charge in [-0.05, 0) is 120 Å². The maximum atomic E-state index is 2.49. The Hall–Kier alpha value is -7.22. The molecule has 278 valence electrons. The first-order chi connectivity index (χ1) is 29.0. The van der Waals surface area contributed by atoms with E-state index in [1.807, 2.05) is 0 Å². The van der Waals surface area contributed by atoms with Crippen molar-refractivity contribution in [3.63, 3.8) is 0 Å². The van der Waals surface area contributed by atoms with Gasteiger partial charge in [-0.25, -0.2) is 0 Å². The van der Waals surface area contributed by atoms with Crippen LogP contribution in [0.2, 0.25) is 0 Å². The van der Waals surface area contributed by atoms with Crippen LogP contribution in [0.15, 0.2) is 212 Å². The molecule has 0 N–H and O–H groups in total. The summed E-state index contributed by atoms with van der Waals surface area (Å²) in [4.78, 5) is 2.47. The number of anilines is 3. The van der Waals surface area contributed by atoms with Gasteiger partial charge in [-0.15, -0.1) is 0 Å². The first-order valence-corrected chi connectivity index (χ1v) is 20.8. The van der Waals surface area contributed by atoms with Gasteiger partial charge in [0.25, 0.3) is 0 Å². The van der Waals surface area contributed by atoms with Crippen LogP contribution in [-0.2, 0) is 10.8 Å². The highest BCUT2D eigenvalue weighted by molar-refractivity contribution is 5.97. The molecule has 0 heterocycles. The van der Waals surface area contributed by atoms with E-state index >= 15 is 0 Å². The van der Waals surface area contributed by atoms with Crippen LogP contribution in [0.5, 0.6) is 0 Å².